The largest absolute Gasteiger partial charge is 0.324 e. The maximum Gasteiger partial charge on any atom is 0.248 e. The van der Waals surface area contributed by atoms with Gasteiger partial charge in [-0.15, -0.1) is 0 Å². The molecule has 0 unspecified atom stereocenters. The summed E-state index contributed by atoms with van der Waals surface area (Å²) < 4.78 is 25.9. The summed E-state index contributed by atoms with van der Waals surface area (Å²) in [6.45, 7) is 1.71. The highest BCUT2D eigenvalue weighted by atomic mass is 35.5. The lowest BCUT2D eigenvalue weighted by Crippen LogP contribution is -2.47. The highest BCUT2D eigenvalue weighted by molar-refractivity contribution is 7.92. The fraction of sp³-hybridized carbons (Fsp3) is 0.263. The maximum absolute atomic E-state index is 12.9. The van der Waals surface area contributed by atoms with Gasteiger partial charge in [-0.3, -0.25) is 9.10 Å². The van der Waals surface area contributed by atoms with Gasteiger partial charge in [-0.1, -0.05) is 42.3 Å². The van der Waals surface area contributed by atoms with E-state index in [4.69, 9.17) is 28.5 Å². The number of rotatable bonds is 7. The predicted octanol–water partition coefficient (Wildman–Crippen LogP) is 4.24. The van der Waals surface area contributed by atoms with Crippen LogP contribution in [0.1, 0.15) is 18.9 Å². The molecule has 0 saturated heterocycles. The summed E-state index contributed by atoms with van der Waals surface area (Å²) in [7, 11) is -3.79. The van der Waals surface area contributed by atoms with E-state index >= 15 is 0 Å². The number of nitrogens with zero attached hydrogens (tertiary/aromatic N) is 2. The summed E-state index contributed by atoms with van der Waals surface area (Å²) in [5.74, 6) is -0.489. The lowest BCUT2D eigenvalue weighted by Gasteiger charge is -2.30. The van der Waals surface area contributed by atoms with Crippen LogP contribution < -0.4 is 9.62 Å². The Bertz CT molecular complexity index is 982. The smallest absolute Gasteiger partial charge is 0.248 e. The molecule has 0 saturated carbocycles. The van der Waals surface area contributed by atoms with Crippen LogP contribution in [0.15, 0.2) is 42.5 Å². The third-order valence-electron chi connectivity index (χ3n) is 3.94. The first kappa shape index (κ1) is 22.0. The van der Waals surface area contributed by atoms with Crippen molar-refractivity contribution in [2.75, 3.05) is 15.9 Å². The highest BCUT2D eigenvalue weighted by Crippen LogP contribution is 2.29. The van der Waals surface area contributed by atoms with Crippen molar-refractivity contribution in [3.63, 3.8) is 0 Å². The van der Waals surface area contributed by atoms with Gasteiger partial charge in [0.1, 0.15) is 6.04 Å². The molecule has 0 heterocycles. The van der Waals surface area contributed by atoms with Crippen molar-refractivity contribution >= 4 is 50.5 Å². The summed E-state index contributed by atoms with van der Waals surface area (Å²) in [6, 6.07) is 12.2. The summed E-state index contributed by atoms with van der Waals surface area (Å²) in [6.07, 6.45) is 1.52. The predicted molar refractivity (Wildman–Crippen MR) is 112 cm³/mol. The van der Waals surface area contributed by atoms with Crippen LogP contribution in [0.3, 0.4) is 0 Å². The number of nitrogens with one attached hydrogen (secondary N) is 1. The van der Waals surface area contributed by atoms with Gasteiger partial charge < -0.3 is 5.32 Å². The Hall–Kier alpha value is -2.27. The number of carbonyl (C=O) groups is 1. The normalized spacial score (nSPS) is 12.1. The molecule has 148 valence electrons. The molecular formula is C19H19Cl2N3O3S. The number of hydrogen-bond acceptors (Lipinski definition) is 4. The van der Waals surface area contributed by atoms with Crippen molar-refractivity contribution in [1.82, 2.24) is 0 Å². The first-order chi connectivity index (χ1) is 13.2. The topological polar surface area (TPSA) is 90.3 Å². The molecule has 28 heavy (non-hydrogen) atoms. The standard InChI is InChI=1S/C19H19Cl2N3O3S/c1-3-18(19(25)23-16-6-4-13(5-7-16)8-9-22)24(28(2,26)27)17-11-14(20)10-15(21)12-17/h4-7,10-12,18H,3,8H2,1-2H3,(H,23,25)/t18-/m0/s1. The van der Waals surface area contributed by atoms with Gasteiger partial charge in [0.15, 0.2) is 0 Å². The number of benzene rings is 2. The summed E-state index contributed by atoms with van der Waals surface area (Å²) in [4.78, 5) is 12.9. The Morgan fingerprint density at radius 2 is 1.75 bits per heavy atom. The second kappa shape index (κ2) is 9.28. The lowest BCUT2D eigenvalue weighted by atomic mass is 10.1. The zero-order chi connectivity index (χ0) is 20.9. The molecule has 0 radical (unpaired) electrons. The van der Waals surface area contributed by atoms with Crippen molar-refractivity contribution in [3.8, 4) is 6.07 Å². The van der Waals surface area contributed by atoms with Crippen LogP contribution in [0.2, 0.25) is 10.0 Å². The van der Waals surface area contributed by atoms with E-state index < -0.39 is 22.0 Å². The van der Waals surface area contributed by atoms with E-state index in [2.05, 4.69) is 5.32 Å². The number of anilines is 2. The highest BCUT2D eigenvalue weighted by Gasteiger charge is 2.32. The minimum absolute atomic E-state index is 0.214. The monoisotopic (exact) mass is 439 g/mol. The molecule has 0 aliphatic rings. The second-order valence-electron chi connectivity index (χ2n) is 6.13. The van der Waals surface area contributed by atoms with Crippen LogP contribution in [0.4, 0.5) is 11.4 Å². The number of halogens is 2. The zero-order valence-corrected chi connectivity index (χ0v) is 17.6. The summed E-state index contributed by atoms with van der Waals surface area (Å²) in [5.41, 5.74) is 1.54. The molecule has 0 aromatic heterocycles. The SMILES string of the molecule is CC[C@@H](C(=O)Nc1ccc(CC#N)cc1)N(c1cc(Cl)cc(Cl)c1)S(C)(=O)=O. The Labute approximate surface area is 174 Å². The molecule has 0 fully saturated rings. The van der Waals surface area contributed by atoms with Gasteiger partial charge in [0.05, 0.1) is 24.4 Å². The molecule has 0 aliphatic heterocycles. The maximum atomic E-state index is 12.9. The first-order valence-corrected chi connectivity index (χ1v) is 11.0. The van der Waals surface area contributed by atoms with Gasteiger partial charge in [0, 0.05) is 15.7 Å². The number of hydrogen-bond donors (Lipinski definition) is 1. The van der Waals surface area contributed by atoms with Gasteiger partial charge in [-0.05, 0) is 42.3 Å². The molecule has 6 nitrogen and oxygen atoms in total. The molecule has 0 spiro atoms. The van der Waals surface area contributed by atoms with Gasteiger partial charge >= 0.3 is 0 Å². The number of nitriles is 1. The van der Waals surface area contributed by atoms with E-state index in [1.165, 1.54) is 18.2 Å². The van der Waals surface area contributed by atoms with Crippen LogP contribution in [0, 0.1) is 11.3 Å². The molecule has 1 N–H and O–H groups in total. The van der Waals surface area contributed by atoms with Crippen molar-refractivity contribution in [3.05, 3.63) is 58.1 Å². The van der Waals surface area contributed by atoms with Gasteiger partial charge in [0.25, 0.3) is 0 Å². The molecule has 1 amide bonds. The molecular weight excluding hydrogens is 421 g/mol. The lowest BCUT2D eigenvalue weighted by molar-refractivity contribution is -0.117. The minimum atomic E-state index is -3.79. The number of sulfonamides is 1. The Morgan fingerprint density at radius 3 is 2.21 bits per heavy atom. The van der Waals surface area contributed by atoms with E-state index in [-0.39, 0.29) is 28.6 Å². The second-order valence-corrected chi connectivity index (χ2v) is 8.86. The number of carbonyl (C=O) groups excluding carboxylic acids is 1. The van der Waals surface area contributed by atoms with Crippen LogP contribution in [-0.2, 0) is 21.2 Å². The third-order valence-corrected chi connectivity index (χ3v) is 5.55. The summed E-state index contributed by atoms with van der Waals surface area (Å²) >= 11 is 12.0. The molecule has 2 aromatic carbocycles. The van der Waals surface area contributed by atoms with Crippen molar-refractivity contribution in [2.24, 2.45) is 0 Å². The third kappa shape index (κ3) is 5.61. The van der Waals surface area contributed by atoms with Crippen LogP contribution in [-0.4, -0.2) is 26.6 Å². The number of amides is 1. The van der Waals surface area contributed by atoms with Gasteiger partial charge in [-0.25, -0.2) is 8.42 Å². The Kier molecular flexibility index (Phi) is 7.30. The van der Waals surface area contributed by atoms with Crippen LogP contribution >= 0.6 is 23.2 Å². The average molecular weight is 440 g/mol. The fourth-order valence-corrected chi connectivity index (χ4v) is 4.46. The molecule has 9 heteroatoms. The van der Waals surface area contributed by atoms with E-state index in [0.717, 1.165) is 16.1 Å². The Morgan fingerprint density at radius 1 is 1.18 bits per heavy atom. The molecule has 0 aliphatic carbocycles. The Balaban J connectivity index is 2.35. The van der Waals surface area contributed by atoms with E-state index in [9.17, 15) is 13.2 Å². The molecule has 2 aromatic rings. The van der Waals surface area contributed by atoms with E-state index in [1.54, 1.807) is 31.2 Å². The van der Waals surface area contributed by atoms with E-state index in [0.29, 0.717) is 5.69 Å². The summed E-state index contributed by atoms with van der Waals surface area (Å²) in [5, 5.41) is 12.0. The average Bonchev–Trinajstić information content (AvgIpc) is 2.59. The van der Waals surface area contributed by atoms with Gasteiger partial charge in [0.2, 0.25) is 15.9 Å². The molecule has 1 atom stereocenters. The van der Waals surface area contributed by atoms with Crippen LogP contribution in [0.5, 0.6) is 0 Å². The van der Waals surface area contributed by atoms with Gasteiger partial charge in [-0.2, -0.15) is 5.26 Å². The van der Waals surface area contributed by atoms with Crippen molar-refractivity contribution in [2.45, 2.75) is 25.8 Å². The molecule has 0 bridgehead atoms. The van der Waals surface area contributed by atoms with Crippen LogP contribution in [0.25, 0.3) is 0 Å². The van der Waals surface area contributed by atoms with Crippen molar-refractivity contribution < 1.29 is 13.2 Å². The quantitative estimate of drug-likeness (QED) is 0.697. The van der Waals surface area contributed by atoms with Crippen molar-refractivity contribution in [1.29, 1.82) is 5.26 Å². The molecule has 2 rings (SSSR count). The minimum Gasteiger partial charge on any atom is -0.324 e. The van der Waals surface area contributed by atoms with E-state index in [1.807, 2.05) is 6.07 Å². The fourth-order valence-electron chi connectivity index (χ4n) is 2.75. The zero-order valence-electron chi connectivity index (χ0n) is 15.3. The first-order valence-electron chi connectivity index (χ1n) is 8.38.